The molecule has 0 aliphatic carbocycles. The first-order valence-corrected chi connectivity index (χ1v) is 6.84. The molecule has 0 fully saturated rings. The number of anilines is 1. The van der Waals surface area contributed by atoms with Crippen LogP contribution in [0.3, 0.4) is 0 Å². The van der Waals surface area contributed by atoms with Crippen LogP contribution >= 0.6 is 0 Å². The topological polar surface area (TPSA) is 37.0 Å². The van der Waals surface area contributed by atoms with Crippen molar-refractivity contribution < 1.29 is 0 Å². The highest BCUT2D eigenvalue weighted by Crippen LogP contribution is 2.19. The molecule has 1 aromatic rings. The average molecular weight is 249 g/mol. The van der Waals surface area contributed by atoms with Crippen LogP contribution < -0.4 is 10.6 Å². The van der Waals surface area contributed by atoms with Gasteiger partial charge in [0.2, 0.25) is 0 Å². The minimum Gasteiger partial charge on any atom is -0.370 e. The maximum atomic E-state index is 4.63. The first-order chi connectivity index (χ1) is 8.40. The molecular weight excluding hydrogens is 222 g/mol. The Kier molecular flexibility index (Phi) is 5.60. The molecule has 0 bridgehead atoms. The Morgan fingerprint density at radius 2 is 1.83 bits per heavy atom. The van der Waals surface area contributed by atoms with Gasteiger partial charge in [0.1, 0.15) is 5.82 Å². The number of rotatable bonds is 6. The molecule has 1 rings (SSSR count). The van der Waals surface area contributed by atoms with E-state index in [0.717, 1.165) is 24.6 Å². The van der Waals surface area contributed by atoms with Gasteiger partial charge in [-0.2, -0.15) is 0 Å². The molecule has 0 radical (unpaired) electrons. The van der Waals surface area contributed by atoms with Crippen molar-refractivity contribution >= 4 is 5.82 Å². The zero-order valence-electron chi connectivity index (χ0n) is 12.6. The van der Waals surface area contributed by atoms with Gasteiger partial charge in [0.15, 0.2) is 0 Å². The van der Waals surface area contributed by atoms with Gasteiger partial charge in [0.05, 0.1) is 0 Å². The molecule has 0 aromatic carbocycles. The molecule has 3 heteroatoms. The standard InChI is InChI=1S/C15H27N3/c1-10(2)8-17-15-14(9-16-11(3)4)12(5)7-13(6)18-15/h7,10-11,16H,8-9H2,1-6H3,(H,17,18). The van der Waals surface area contributed by atoms with E-state index in [1.54, 1.807) is 0 Å². The molecule has 0 amide bonds. The van der Waals surface area contributed by atoms with Gasteiger partial charge in [-0.15, -0.1) is 0 Å². The smallest absolute Gasteiger partial charge is 0.131 e. The van der Waals surface area contributed by atoms with Gasteiger partial charge >= 0.3 is 0 Å². The summed E-state index contributed by atoms with van der Waals surface area (Å²) in [5, 5.41) is 6.94. The van der Waals surface area contributed by atoms with Crippen molar-refractivity contribution in [1.29, 1.82) is 0 Å². The van der Waals surface area contributed by atoms with E-state index in [-0.39, 0.29) is 0 Å². The molecule has 0 atom stereocenters. The first kappa shape index (κ1) is 15.0. The van der Waals surface area contributed by atoms with E-state index in [4.69, 9.17) is 0 Å². The zero-order valence-corrected chi connectivity index (χ0v) is 12.6. The largest absolute Gasteiger partial charge is 0.370 e. The van der Waals surface area contributed by atoms with E-state index >= 15 is 0 Å². The van der Waals surface area contributed by atoms with Gasteiger partial charge in [0.25, 0.3) is 0 Å². The fraction of sp³-hybridized carbons (Fsp3) is 0.667. The molecule has 18 heavy (non-hydrogen) atoms. The number of aryl methyl sites for hydroxylation is 2. The number of hydrogen-bond acceptors (Lipinski definition) is 3. The number of hydrogen-bond donors (Lipinski definition) is 2. The van der Waals surface area contributed by atoms with Gasteiger partial charge in [-0.1, -0.05) is 27.7 Å². The third-order valence-electron chi connectivity index (χ3n) is 2.84. The lowest BCUT2D eigenvalue weighted by molar-refractivity contribution is 0.586. The van der Waals surface area contributed by atoms with E-state index in [1.165, 1.54) is 11.1 Å². The summed E-state index contributed by atoms with van der Waals surface area (Å²) in [4.78, 5) is 4.63. The molecule has 0 spiro atoms. The second kappa shape index (κ2) is 6.74. The van der Waals surface area contributed by atoms with Crippen LogP contribution in [-0.4, -0.2) is 17.6 Å². The van der Waals surface area contributed by atoms with E-state index in [0.29, 0.717) is 12.0 Å². The van der Waals surface area contributed by atoms with Crippen molar-refractivity contribution in [2.75, 3.05) is 11.9 Å². The fourth-order valence-corrected chi connectivity index (χ4v) is 1.84. The summed E-state index contributed by atoms with van der Waals surface area (Å²) in [5.41, 5.74) is 3.67. The third kappa shape index (κ3) is 4.65. The van der Waals surface area contributed by atoms with Crippen molar-refractivity contribution in [1.82, 2.24) is 10.3 Å². The second-order valence-corrected chi connectivity index (χ2v) is 5.72. The third-order valence-corrected chi connectivity index (χ3v) is 2.84. The van der Waals surface area contributed by atoms with Crippen molar-refractivity contribution in [2.45, 2.75) is 54.1 Å². The van der Waals surface area contributed by atoms with Crippen LogP contribution in [0.15, 0.2) is 6.07 Å². The highest BCUT2D eigenvalue weighted by atomic mass is 15.0. The maximum Gasteiger partial charge on any atom is 0.131 e. The highest BCUT2D eigenvalue weighted by molar-refractivity contribution is 5.49. The summed E-state index contributed by atoms with van der Waals surface area (Å²) < 4.78 is 0. The Bertz CT molecular complexity index is 384. The fourth-order valence-electron chi connectivity index (χ4n) is 1.84. The van der Waals surface area contributed by atoms with E-state index < -0.39 is 0 Å². The van der Waals surface area contributed by atoms with Crippen molar-refractivity contribution in [3.05, 3.63) is 22.9 Å². The van der Waals surface area contributed by atoms with Crippen molar-refractivity contribution in [2.24, 2.45) is 5.92 Å². The predicted molar refractivity (Wildman–Crippen MR) is 79.0 cm³/mol. The quantitative estimate of drug-likeness (QED) is 0.812. The van der Waals surface area contributed by atoms with Gasteiger partial charge < -0.3 is 10.6 Å². The van der Waals surface area contributed by atoms with Crippen molar-refractivity contribution in [3.63, 3.8) is 0 Å². The Morgan fingerprint density at radius 1 is 1.17 bits per heavy atom. The van der Waals surface area contributed by atoms with Crippen molar-refractivity contribution in [3.8, 4) is 0 Å². The van der Waals surface area contributed by atoms with Crippen LogP contribution in [0.4, 0.5) is 5.82 Å². The molecular formula is C15H27N3. The molecule has 0 aliphatic heterocycles. The molecule has 2 N–H and O–H groups in total. The lowest BCUT2D eigenvalue weighted by Crippen LogP contribution is -2.24. The summed E-state index contributed by atoms with van der Waals surface area (Å²) in [7, 11) is 0. The molecule has 0 saturated heterocycles. The molecule has 0 unspecified atom stereocenters. The lowest BCUT2D eigenvalue weighted by Gasteiger charge is -2.17. The normalized spacial score (nSPS) is 11.3. The van der Waals surface area contributed by atoms with E-state index in [9.17, 15) is 0 Å². The van der Waals surface area contributed by atoms with Crippen LogP contribution in [-0.2, 0) is 6.54 Å². The highest BCUT2D eigenvalue weighted by Gasteiger charge is 2.09. The van der Waals surface area contributed by atoms with E-state index in [1.807, 2.05) is 6.92 Å². The number of nitrogens with zero attached hydrogens (tertiary/aromatic N) is 1. The SMILES string of the molecule is Cc1cc(C)c(CNC(C)C)c(NCC(C)C)n1. The van der Waals surface area contributed by atoms with E-state index in [2.05, 4.69) is 56.3 Å². The Labute approximate surface area is 111 Å². The summed E-state index contributed by atoms with van der Waals surface area (Å²) in [5.74, 6) is 1.66. The molecule has 3 nitrogen and oxygen atoms in total. The summed E-state index contributed by atoms with van der Waals surface area (Å²) in [6.45, 7) is 14.8. The lowest BCUT2D eigenvalue weighted by atomic mass is 10.1. The minimum absolute atomic E-state index is 0.489. The van der Waals surface area contributed by atoms with Gasteiger partial charge in [0, 0.05) is 30.4 Å². The van der Waals surface area contributed by atoms with Crippen LogP contribution in [0.5, 0.6) is 0 Å². The van der Waals surface area contributed by atoms with Gasteiger partial charge in [-0.3, -0.25) is 0 Å². The summed E-state index contributed by atoms with van der Waals surface area (Å²) >= 11 is 0. The Hall–Kier alpha value is -1.09. The second-order valence-electron chi connectivity index (χ2n) is 5.72. The first-order valence-electron chi connectivity index (χ1n) is 6.84. The Morgan fingerprint density at radius 3 is 2.39 bits per heavy atom. The summed E-state index contributed by atoms with van der Waals surface area (Å²) in [6.07, 6.45) is 0. The molecule has 1 heterocycles. The van der Waals surface area contributed by atoms with Gasteiger partial charge in [-0.25, -0.2) is 4.98 Å². The predicted octanol–water partition coefficient (Wildman–Crippen LogP) is 3.26. The Balaban J connectivity index is 2.89. The van der Waals surface area contributed by atoms with Crippen LogP contribution in [0.25, 0.3) is 0 Å². The minimum atomic E-state index is 0.489. The number of pyridine rings is 1. The molecule has 1 aromatic heterocycles. The van der Waals surface area contributed by atoms with Crippen LogP contribution in [0, 0.1) is 19.8 Å². The molecule has 0 saturated carbocycles. The van der Waals surface area contributed by atoms with Crippen LogP contribution in [0.2, 0.25) is 0 Å². The number of nitrogens with one attached hydrogen (secondary N) is 2. The maximum absolute atomic E-state index is 4.63. The van der Waals surface area contributed by atoms with Gasteiger partial charge in [-0.05, 0) is 31.4 Å². The summed E-state index contributed by atoms with van der Waals surface area (Å²) in [6, 6.07) is 2.64. The molecule has 0 aliphatic rings. The zero-order chi connectivity index (χ0) is 13.7. The van der Waals surface area contributed by atoms with Crippen LogP contribution in [0.1, 0.15) is 44.5 Å². The molecule has 102 valence electrons. The average Bonchev–Trinajstić information content (AvgIpc) is 2.24. The number of aromatic nitrogens is 1. The monoisotopic (exact) mass is 249 g/mol.